The number of nitrogen functional groups attached to an aromatic ring is 1. The molecule has 0 spiro atoms. The first-order valence-corrected chi connectivity index (χ1v) is 8.32. The highest BCUT2D eigenvalue weighted by Crippen LogP contribution is 2.34. The Morgan fingerprint density at radius 3 is 2.58 bits per heavy atom. The van der Waals surface area contributed by atoms with E-state index in [0.29, 0.717) is 11.5 Å². The Morgan fingerprint density at radius 2 is 1.96 bits per heavy atom. The normalized spacial score (nSPS) is 10.8. The molecule has 1 aromatic carbocycles. The van der Waals surface area contributed by atoms with Gasteiger partial charge in [0.05, 0.1) is 11.8 Å². The Hall–Kier alpha value is -3.01. The number of aromatic nitrogens is 3. The third kappa shape index (κ3) is 3.10. The Labute approximate surface area is 152 Å². The Morgan fingerprint density at radius 1 is 1.31 bits per heavy atom. The van der Waals surface area contributed by atoms with Gasteiger partial charge in [-0.15, -0.1) is 0 Å². The fraction of sp³-hybridized carbons (Fsp3) is 0.188. The number of rotatable bonds is 4. The molecule has 0 radical (unpaired) electrons. The fourth-order valence-corrected chi connectivity index (χ4v) is 3.41. The van der Waals surface area contributed by atoms with Crippen LogP contribution in [0.15, 0.2) is 24.4 Å². The molecule has 0 fully saturated rings. The van der Waals surface area contributed by atoms with Crippen LogP contribution in [0.5, 0.6) is 0 Å². The minimum Gasteiger partial charge on any atom is -0.389 e. The number of hydrogen-bond acceptors (Lipinski definition) is 6. The molecule has 26 heavy (non-hydrogen) atoms. The van der Waals surface area contributed by atoms with Crippen molar-refractivity contribution in [2.75, 3.05) is 30.0 Å². The molecule has 3 rings (SSSR count). The van der Waals surface area contributed by atoms with Gasteiger partial charge in [-0.3, -0.25) is 9.48 Å². The number of benzene rings is 1. The highest BCUT2D eigenvalue weighted by molar-refractivity contribution is 7.19. The molecule has 1 amide bonds. The van der Waals surface area contributed by atoms with Crippen molar-refractivity contribution in [3.63, 3.8) is 0 Å². The lowest BCUT2D eigenvalue weighted by atomic mass is 10.2. The number of halogens is 2. The van der Waals surface area contributed by atoms with E-state index in [2.05, 4.69) is 15.4 Å². The molecule has 3 aromatic rings. The van der Waals surface area contributed by atoms with Gasteiger partial charge in [0.2, 0.25) is 0 Å². The molecule has 0 aliphatic rings. The summed E-state index contributed by atoms with van der Waals surface area (Å²) in [5, 5.41) is 6.84. The van der Waals surface area contributed by atoms with Crippen LogP contribution in [0.3, 0.4) is 0 Å². The number of nitrogens with zero attached hydrogens (tertiary/aromatic N) is 4. The van der Waals surface area contributed by atoms with E-state index in [1.54, 1.807) is 16.6 Å². The maximum atomic E-state index is 13.9. The summed E-state index contributed by atoms with van der Waals surface area (Å²) in [7, 11) is 5.35. The van der Waals surface area contributed by atoms with E-state index < -0.39 is 17.5 Å². The van der Waals surface area contributed by atoms with Gasteiger partial charge in [-0.2, -0.15) is 5.10 Å². The number of thiazole rings is 1. The van der Waals surface area contributed by atoms with Crippen molar-refractivity contribution >= 4 is 33.8 Å². The summed E-state index contributed by atoms with van der Waals surface area (Å²) in [6.45, 7) is 0. The molecular weight excluding hydrogens is 362 g/mol. The van der Waals surface area contributed by atoms with Crippen LogP contribution in [-0.4, -0.2) is 34.8 Å². The zero-order valence-electron chi connectivity index (χ0n) is 14.2. The van der Waals surface area contributed by atoms with Gasteiger partial charge in [0.1, 0.15) is 33.1 Å². The van der Waals surface area contributed by atoms with E-state index in [1.165, 1.54) is 12.3 Å². The molecule has 2 aromatic heterocycles. The van der Waals surface area contributed by atoms with Gasteiger partial charge in [-0.1, -0.05) is 17.4 Å². The highest BCUT2D eigenvalue weighted by Gasteiger charge is 2.23. The number of hydrogen-bond donors (Lipinski definition) is 2. The molecule has 7 nitrogen and oxygen atoms in total. The van der Waals surface area contributed by atoms with Crippen LogP contribution in [0.4, 0.5) is 25.3 Å². The number of nitrogens with two attached hydrogens (primary N) is 1. The molecule has 3 N–H and O–H groups in total. The van der Waals surface area contributed by atoms with E-state index in [1.807, 2.05) is 14.1 Å². The summed E-state index contributed by atoms with van der Waals surface area (Å²) < 4.78 is 29.5. The van der Waals surface area contributed by atoms with E-state index in [4.69, 9.17) is 5.73 Å². The Bertz CT molecular complexity index is 961. The molecule has 0 atom stereocenters. The van der Waals surface area contributed by atoms with Crippen molar-refractivity contribution in [1.82, 2.24) is 14.8 Å². The molecule has 136 valence electrons. The van der Waals surface area contributed by atoms with Gasteiger partial charge in [0, 0.05) is 21.1 Å². The fourth-order valence-electron chi connectivity index (χ4n) is 2.53. The smallest absolute Gasteiger partial charge is 0.277 e. The first-order valence-electron chi connectivity index (χ1n) is 7.51. The maximum absolute atomic E-state index is 13.9. The minimum atomic E-state index is -0.770. The number of carbonyl (C=O) groups is 1. The molecule has 0 saturated carbocycles. The number of aryl methyl sites for hydroxylation is 1. The second-order valence-corrected chi connectivity index (χ2v) is 6.71. The predicted octanol–water partition coefficient (Wildman–Crippen LogP) is 2.72. The van der Waals surface area contributed by atoms with Gasteiger partial charge >= 0.3 is 0 Å². The van der Waals surface area contributed by atoms with Crippen LogP contribution in [0, 0.1) is 11.6 Å². The molecule has 0 aliphatic carbocycles. The van der Waals surface area contributed by atoms with Crippen LogP contribution >= 0.6 is 11.3 Å². The second-order valence-electron chi connectivity index (χ2n) is 5.68. The van der Waals surface area contributed by atoms with Gasteiger partial charge in [-0.25, -0.2) is 13.8 Å². The van der Waals surface area contributed by atoms with Gasteiger partial charge in [-0.05, 0) is 12.1 Å². The average molecular weight is 378 g/mol. The molecule has 0 saturated heterocycles. The highest BCUT2D eigenvalue weighted by atomic mass is 32.1. The van der Waals surface area contributed by atoms with E-state index in [0.717, 1.165) is 23.5 Å². The second kappa shape index (κ2) is 6.71. The topological polar surface area (TPSA) is 89.1 Å². The average Bonchev–Trinajstić information content (AvgIpc) is 3.10. The van der Waals surface area contributed by atoms with Crippen LogP contribution < -0.4 is 16.0 Å². The van der Waals surface area contributed by atoms with Gasteiger partial charge in [0.15, 0.2) is 5.69 Å². The van der Waals surface area contributed by atoms with Crippen molar-refractivity contribution in [2.45, 2.75) is 0 Å². The summed E-state index contributed by atoms with van der Waals surface area (Å²) in [4.78, 5) is 18.4. The summed E-state index contributed by atoms with van der Waals surface area (Å²) in [6.07, 6.45) is 1.49. The van der Waals surface area contributed by atoms with Crippen molar-refractivity contribution < 1.29 is 13.6 Å². The van der Waals surface area contributed by atoms with Crippen LogP contribution in [0.1, 0.15) is 10.5 Å². The van der Waals surface area contributed by atoms with Gasteiger partial charge < -0.3 is 16.0 Å². The molecule has 0 bridgehead atoms. The maximum Gasteiger partial charge on any atom is 0.277 e. The molecule has 10 heteroatoms. The molecule has 2 heterocycles. The van der Waals surface area contributed by atoms with E-state index in [9.17, 15) is 13.6 Å². The van der Waals surface area contributed by atoms with Gasteiger partial charge in [0.25, 0.3) is 5.91 Å². The first kappa shape index (κ1) is 17.8. The zero-order chi connectivity index (χ0) is 19.0. The monoisotopic (exact) mass is 378 g/mol. The minimum absolute atomic E-state index is 0.00210. The number of carbonyl (C=O) groups excluding carboxylic acids is 1. The van der Waals surface area contributed by atoms with Crippen molar-refractivity contribution in [1.29, 1.82) is 0 Å². The van der Waals surface area contributed by atoms with Crippen molar-refractivity contribution in [3.8, 4) is 10.6 Å². The Balaban J connectivity index is 1.94. The van der Waals surface area contributed by atoms with Crippen LogP contribution in [-0.2, 0) is 7.05 Å². The van der Waals surface area contributed by atoms with Crippen LogP contribution in [0.2, 0.25) is 0 Å². The lowest BCUT2D eigenvalue weighted by Crippen LogP contribution is -2.18. The van der Waals surface area contributed by atoms with E-state index >= 15 is 0 Å². The third-order valence-corrected chi connectivity index (χ3v) is 4.53. The number of nitrogens with one attached hydrogen (secondary N) is 1. The number of anilines is 3. The summed E-state index contributed by atoms with van der Waals surface area (Å²) in [6, 6.07) is 3.49. The largest absolute Gasteiger partial charge is 0.389 e. The zero-order valence-corrected chi connectivity index (χ0v) is 15.1. The lowest BCUT2D eigenvalue weighted by Gasteiger charge is -2.15. The first-order chi connectivity index (χ1) is 12.3. The standard InChI is InChI=1S/C16H16F2N6OS/c1-23(2)16-10(7-20-24(16)3)21-14(25)12-13(19)26-15(22-12)11-8(17)5-4-6-9(11)18/h4-7H,19H2,1-3H3,(H,21,25). The number of amides is 1. The molecule has 0 aliphatic heterocycles. The summed E-state index contributed by atoms with van der Waals surface area (Å²) in [5.74, 6) is -1.45. The molecular formula is C16H16F2N6OS. The SMILES string of the molecule is CN(C)c1c(NC(=O)c2nc(-c3c(F)cccc3F)sc2N)cnn1C. The van der Waals surface area contributed by atoms with E-state index in [-0.39, 0.29) is 21.3 Å². The Kier molecular flexibility index (Phi) is 4.60. The summed E-state index contributed by atoms with van der Waals surface area (Å²) >= 11 is 0.845. The molecule has 0 unspecified atom stereocenters. The van der Waals surface area contributed by atoms with Crippen LogP contribution in [0.25, 0.3) is 10.6 Å². The lowest BCUT2D eigenvalue weighted by molar-refractivity contribution is 0.102. The summed E-state index contributed by atoms with van der Waals surface area (Å²) in [5.41, 5.74) is 5.92. The third-order valence-electron chi connectivity index (χ3n) is 3.62. The van der Waals surface area contributed by atoms with Crippen molar-refractivity contribution in [2.24, 2.45) is 7.05 Å². The van der Waals surface area contributed by atoms with Crippen molar-refractivity contribution in [3.05, 3.63) is 41.7 Å². The predicted molar refractivity (Wildman–Crippen MR) is 97.4 cm³/mol. The quantitative estimate of drug-likeness (QED) is 0.729.